The number of nitrogens with zero attached hydrogens (tertiary/aromatic N) is 3. The summed E-state index contributed by atoms with van der Waals surface area (Å²) in [5, 5.41) is 8.89. The highest BCUT2D eigenvalue weighted by Gasteiger charge is 2.18. The number of hydrogen-bond donors (Lipinski definition) is 1. The van der Waals surface area contributed by atoms with E-state index >= 15 is 0 Å². The molecule has 0 radical (unpaired) electrons. The van der Waals surface area contributed by atoms with Crippen molar-refractivity contribution in [2.75, 3.05) is 19.0 Å². The van der Waals surface area contributed by atoms with Crippen LogP contribution in [0.25, 0.3) is 33.5 Å². The lowest BCUT2D eigenvalue weighted by atomic mass is 10.2. The molecular weight excluding hydrogens is 568 g/mol. The first-order valence-corrected chi connectivity index (χ1v) is 13.7. The van der Waals surface area contributed by atoms with Gasteiger partial charge in [0.25, 0.3) is 11.5 Å². The number of amides is 1. The van der Waals surface area contributed by atoms with Gasteiger partial charge in [0.05, 0.1) is 29.6 Å². The third kappa shape index (κ3) is 5.71. The highest BCUT2D eigenvalue weighted by Crippen LogP contribution is 2.33. The van der Waals surface area contributed by atoms with Crippen LogP contribution in [0.4, 0.5) is 5.69 Å². The maximum absolute atomic E-state index is 13.7. The molecule has 2 heterocycles. The third-order valence-corrected chi connectivity index (χ3v) is 7.01. The number of methoxy groups -OCH3 is 1. The second kappa shape index (κ2) is 11.8. The maximum atomic E-state index is 13.7. The quantitative estimate of drug-likeness (QED) is 0.198. The van der Waals surface area contributed by atoms with E-state index < -0.39 is 5.56 Å². The lowest BCUT2D eigenvalue weighted by molar-refractivity contribution is -0.118. The van der Waals surface area contributed by atoms with E-state index in [1.807, 2.05) is 43.3 Å². The first-order chi connectivity index (χ1) is 20.9. The van der Waals surface area contributed by atoms with Gasteiger partial charge in [-0.05, 0) is 67.1 Å². The zero-order chi connectivity index (χ0) is 29.9. The van der Waals surface area contributed by atoms with Crippen LogP contribution in [0.2, 0.25) is 5.02 Å². The number of rotatable bonds is 8. The molecule has 0 aliphatic carbocycles. The summed E-state index contributed by atoms with van der Waals surface area (Å²) in [5.74, 6) is 1.17. The van der Waals surface area contributed by atoms with Gasteiger partial charge in [-0.2, -0.15) is 9.78 Å². The molecule has 0 saturated carbocycles. The van der Waals surface area contributed by atoms with Crippen molar-refractivity contribution >= 4 is 51.3 Å². The van der Waals surface area contributed by atoms with Crippen LogP contribution in [0, 0.1) is 6.92 Å². The van der Waals surface area contributed by atoms with Crippen molar-refractivity contribution in [1.29, 1.82) is 0 Å². The number of nitrogens with one attached hydrogen (secondary N) is 1. The number of aromatic nitrogens is 2. The normalized spacial score (nSPS) is 11.3. The lowest BCUT2D eigenvalue weighted by Gasteiger charge is -2.11. The Morgan fingerprint density at radius 2 is 1.81 bits per heavy atom. The third-order valence-electron chi connectivity index (χ3n) is 6.78. The molecule has 2 aromatic heterocycles. The molecule has 0 bridgehead atoms. The van der Waals surface area contributed by atoms with Crippen molar-refractivity contribution in [3.63, 3.8) is 0 Å². The standard InChI is InChI=1S/C33H25ClN4O5/c1-20-8-3-5-10-25(20)36-31(39)19-42-27-15-14-22(34)16-21(27)18-35-38-32(37-26-11-6-4-9-23(26)33(38)40)30-17-24-28(41-2)12-7-13-29(24)43-30/h3-18H,19H2,1-2H3,(H,36,39). The van der Waals surface area contributed by atoms with E-state index in [1.165, 1.54) is 10.9 Å². The number of para-hydroxylation sites is 2. The maximum Gasteiger partial charge on any atom is 0.282 e. The Labute approximate surface area is 251 Å². The van der Waals surface area contributed by atoms with E-state index in [0.717, 1.165) is 10.9 Å². The molecule has 0 spiro atoms. The van der Waals surface area contributed by atoms with Crippen LogP contribution in [-0.2, 0) is 4.79 Å². The minimum atomic E-state index is -0.397. The molecule has 6 aromatic rings. The Balaban J connectivity index is 1.37. The molecule has 10 heteroatoms. The average molecular weight is 593 g/mol. The molecule has 43 heavy (non-hydrogen) atoms. The number of carbonyl (C=O) groups excluding carboxylic acids is 1. The molecule has 1 amide bonds. The fourth-order valence-electron chi connectivity index (χ4n) is 4.63. The van der Waals surface area contributed by atoms with Gasteiger partial charge in [0.15, 0.2) is 12.4 Å². The highest BCUT2D eigenvalue weighted by molar-refractivity contribution is 6.30. The minimum Gasteiger partial charge on any atom is -0.496 e. The van der Waals surface area contributed by atoms with Crippen molar-refractivity contribution in [3.05, 3.63) is 117 Å². The largest absolute Gasteiger partial charge is 0.496 e. The van der Waals surface area contributed by atoms with E-state index in [4.69, 9.17) is 30.5 Å². The fraction of sp³-hybridized carbons (Fsp3) is 0.0909. The summed E-state index contributed by atoms with van der Waals surface area (Å²) in [4.78, 5) is 31.0. The van der Waals surface area contributed by atoms with Gasteiger partial charge in [-0.25, -0.2) is 4.98 Å². The lowest BCUT2D eigenvalue weighted by Crippen LogP contribution is -2.21. The van der Waals surface area contributed by atoms with Gasteiger partial charge in [-0.15, -0.1) is 0 Å². The van der Waals surface area contributed by atoms with Crippen LogP contribution in [-0.4, -0.2) is 35.5 Å². The minimum absolute atomic E-state index is 0.195. The van der Waals surface area contributed by atoms with Gasteiger partial charge in [0, 0.05) is 16.3 Å². The van der Waals surface area contributed by atoms with Gasteiger partial charge in [-0.3, -0.25) is 9.59 Å². The Bertz CT molecular complexity index is 2080. The Morgan fingerprint density at radius 1 is 1.00 bits per heavy atom. The fourth-order valence-corrected chi connectivity index (χ4v) is 4.81. The van der Waals surface area contributed by atoms with Crippen molar-refractivity contribution in [1.82, 2.24) is 9.66 Å². The smallest absolute Gasteiger partial charge is 0.282 e. The van der Waals surface area contributed by atoms with Crippen LogP contribution in [0.1, 0.15) is 11.1 Å². The van der Waals surface area contributed by atoms with Crippen molar-refractivity contribution in [2.24, 2.45) is 5.10 Å². The second-order valence-corrected chi connectivity index (χ2v) is 10.1. The Hall–Kier alpha value is -5.41. The number of aryl methyl sites for hydroxylation is 1. The number of carbonyl (C=O) groups is 1. The molecule has 9 nitrogen and oxygen atoms in total. The summed E-state index contributed by atoms with van der Waals surface area (Å²) in [5.41, 5.74) is 2.76. The van der Waals surface area contributed by atoms with Gasteiger partial charge >= 0.3 is 0 Å². The molecular formula is C33H25ClN4O5. The van der Waals surface area contributed by atoms with Crippen LogP contribution in [0.15, 0.2) is 105 Å². The molecule has 0 saturated heterocycles. The molecule has 6 rings (SSSR count). The number of hydrogen-bond acceptors (Lipinski definition) is 7. The molecule has 0 atom stereocenters. The Kier molecular flexibility index (Phi) is 7.63. The molecule has 0 fully saturated rings. The topological polar surface area (TPSA) is 108 Å². The number of benzene rings is 4. The monoisotopic (exact) mass is 592 g/mol. The molecule has 0 unspecified atom stereocenters. The van der Waals surface area contributed by atoms with Crippen LogP contribution in [0.5, 0.6) is 11.5 Å². The van der Waals surface area contributed by atoms with Crippen LogP contribution >= 0.6 is 11.6 Å². The van der Waals surface area contributed by atoms with E-state index in [9.17, 15) is 9.59 Å². The molecule has 0 aliphatic heterocycles. The molecule has 214 valence electrons. The number of furan rings is 1. The van der Waals surface area contributed by atoms with E-state index in [1.54, 1.807) is 61.7 Å². The average Bonchev–Trinajstić information content (AvgIpc) is 3.46. The molecule has 4 aromatic carbocycles. The molecule has 0 aliphatic rings. The van der Waals surface area contributed by atoms with E-state index in [2.05, 4.69) is 10.4 Å². The van der Waals surface area contributed by atoms with Gasteiger partial charge in [0.2, 0.25) is 5.82 Å². The van der Waals surface area contributed by atoms with Gasteiger partial charge in [-0.1, -0.05) is 48.0 Å². The van der Waals surface area contributed by atoms with Crippen molar-refractivity contribution in [2.45, 2.75) is 6.92 Å². The first-order valence-electron chi connectivity index (χ1n) is 13.3. The predicted octanol–water partition coefficient (Wildman–Crippen LogP) is 6.68. The van der Waals surface area contributed by atoms with Gasteiger partial charge in [0.1, 0.15) is 17.1 Å². The van der Waals surface area contributed by atoms with Crippen molar-refractivity contribution < 1.29 is 18.7 Å². The SMILES string of the molecule is COc1cccc2oc(-c3nc4ccccc4c(=O)n3N=Cc3cc(Cl)ccc3OCC(=O)Nc3ccccc3C)cc12. The Morgan fingerprint density at radius 3 is 2.65 bits per heavy atom. The summed E-state index contributed by atoms with van der Waals surface area (Å²) >= 11 is 6.29. The first kappa shape index (κ1) is 27.7. The number of halogens is 1. The summed E-state index contributed by atoms with van der Waals surface area (Å²) in [7, 11) is 1.58. The summed E-state index contributed by atoms with van der Waals surface area (Å²) < 4.78 is 18.6. The van der Waals surface area contributed by atoms with Crippen LogP contribution in [0.3, 0.4) is 0 Å². The van der Waals surface area contributed by atoms with Gasteiger partial charge < -0.3 is 19.2 Å². The number of ether oxygens (including phenoxy) is 2. The summed E-state index contributed by atoms with van der Waals surface area (Å²) in [6, 6.07) is 26.6. The zero-order valence-electron chi connectivity index (χ0n) is 23.2. The summed E-state index contributed by atoms with van der Waals surface area (Å²) in [6.45, 7) is 1.66. The number of anilines is 1. The van der Waals surface area contributed by atoms with E-state index in [0.29, 0.717) is 50.0 Å². The molecule has 1 N–H and O–H groups in total. The van der Waals surface area contributed by atoms with E-state index in [-0.39, 0.29) is 18.3 Å². The number of fused-ring (bicyclic) bond motifs is 2. The second-order valence-electron chi connectivity index (χ2n) is 9.63. The summed E-state index contributed by atoms with van der Waals surface area (Å²) in [6.07, 6.45) is 1.44. The van der Waals surface area contributed by atoms with Crippen molar-refractivity contribution in [3.8, 4) is 23.1 Å². The predicted molar refractivity (Wildman–Crippen MR) is 168 cm³/mol. The zero-order valence-corrected chi connectivity index (χ0v) is 24.0. The van der Waals surface area contributed by atoms with Crippen LogP contribution < -0.4 is 20.3 Å². The highest BCUT2D eigenvalue weighted by atomic mass is 35.5.